The van der Waals surface area contributed by atoms with Crippen LogP contribution in [0, 0.1) is 55.4 Å². The highest BCUT2D eigenvalue weighted by atomic mass is 35.5. The molecular formula is C74H84Cl4N24O4. The fraction of sp³-hybridized carbons (Fsp3) is 0.270. The summed E-state index contributed by atoms with van der Waals surface area (Å²) >= 11 is 24.1. The minimum atomic E-state index is 0.113. The van der Waals surface area contributed by atoms with Gasteiger partial charge in [-0.05, 0) is 213 Å². The molecule has 0 saturated carbocycles. The maximum absolute atomic E-state index is 6.08. The van der Waals surface area contributed by atoms with Crippen molar-refractivity contribution >= 4 is 117 Å². The lowest BCUT2D eigenvalue weighted by atomic mass is 10.1. The number of nitrogens with zero attached hydrogens (tertiary/aromatic N) is 15. The number of aryl methyl sites for hydroxylation is 8. The molecule has 28 nitrogen and oxygen atoms in total. The van der Waals surface area contributed by atoms with Crippen molar-refractivity contribution in [1.29, 1.82) is 0 Å². The fourth-order valence-electron chi connectivity index (χ4n) is 10.2. The van der Waals surface area contributed by atoms with Crippen LogP contribution in [0.25, 0.3) is 0 Å². The molecule has 2 fully saturated rings. The smallest absolute Gasteiger partial charge is 0.256 e. The summed E-state index contributed by atoms with van der Waals surface area (Å²) in [4.78, 5) is 61.7. The molecule has 2 aliphatic heterocycles. The van der Waals surface area contributed by atoms with E-state index in [2.05, 4.69) is 108 Å². The van der Waals surface area contributed by atoms with Gasteiger partial charge in [0.1, 0.15) is 23.7 Å². The average molecular weight is 1520 g/mol. The van der Waals surface area contributed by atoms with Crippen LogP contribution in [0.1, 0.15) is 77.6 Å². The Bertz CT molecular complexity index is 4560. The Kier molecular flexibility index (Phi) is 29.1. The minimum Gasteiger partial charge on any atom is -0.474 e. The van der Waals surface area contributed by atoms with E-state index in [9.17, 15) is 0 Å². The monoisotopic (exact) mass is 1510 g/mol. The molecule has 12 rings (SSSR count). The molecule has 1 unspecified atom stereocenters. The number of hydrogen-bond acceptors (Lipinski definition) is 20. The van der Waals surface area contributed by atoms with Crippen molar-refractivity contribution in [1.82, 2.24) is 60.1 Å². The van der Waals surface area contributed by atoms with Crippen molar-refractivity contribution in [2.75, 3.05) is 54.0 Å². The molecule has 2 aliphatic rings. The summed E-state index contributed by atoms with van der Waals surface area (Å²) in [5.41, 5.74) is 33.8. The van der Waals surface area contributed by atoms with Crippen LogP contribution in [0.5, 0.6) is 35.0 Å². The topological polar surface area (TPSA) is 383 Å². The zero-order chi connectivity index (χ0) is 75.7. The summed E-state index contributed by atoms with van der Waals surface area (Å²) in [6, 6.07) is 36.1. The molecule has 13 N–H and O–H groups in total. The number of guanidine groups is 4. The molecule has 1 atom stereocenters. The first-order valence-electron chi connectivity index (χ1n) is 33.8. The maximum atomic E-state index is 6.08. The molecule has 4 aromatic carbocycles. The molecule has 10 aromatic rings. The third-order valence-corrected chi connectivity index (χ3v) is 17.1. The number of hydrogen-bond donors (Lipinski definition) is 9. The molecule has 0 amide bonds. The van der Waals surface area contributed by atoms with Crippen molar-refractivity contribution in [2.45, 2.75) is 100 Å². The SMILES string of the molecule is CCN1CCC(Oc2cc(C)nc(N=C(N)Nc3ccc(Cl)c(C)c3)n2)CC1.Cc1cc(OC2CCCNC2)nc(N=C(N)Nc2ccc(Cl)c(C)c2)n1.Cc1cc(Oc2cccnc2)nc(N=C(N)Nc2ccc(Cl)c(C)c2)n1.Cc1cc(Oc2ccncc2)nc(N=C(N)Nc2ccc(Cl)c(C)c2)n1. The van der Waals surface area contributed by atoms with Gasteiger partial charge < -0.3 is 73.4 Å². The Hall–Kier alpha value is -11.1. The molecule has 8 heterocycles. The standard InChI is InChI=1S/C20H27ClN6O.C18H17ClN6O.C18H23ClN6O.C18H17ClN6O/c1-4-27-9-7-16(8-10-27)28-18-12-14(3)23-20(25-18)26-19(22)24-15-5-6-17(21)13(2)11-15;1-11-9-13(3-4-15(11)19)23-17(20)25-18-22-12(2)10-16(24-18)26-14-5-7-21-8-6-14;2*1-11-8-13(5-6-15(11)19)23-17(20)25-18-22-12(2)9-16(24-18)26-14-4-3-7-21-10-14/h5-6,11-12,16H,4,7-10H2,1-3H3,(H3,22,23,24,25,26);3-10H,1-2H3,(H3,20,22,23,24,25);5-6,8-9,14,21H,3-4,7,10H2,1-2H3,(H3,20,22,23,24,25);3-10H,1-2H3,(H3,20,22,23,24,25). The molecule has 106 heavy (non-hydrogen) atoms. The number of pyridine rings is 2. The second kappa shape index (κ2) is 39.1. The Labute approximate surface area is 635 Å². The highest BCUT2D eigenvalue weighted by molar-refractivity contribution is 6.32. The molecule has 0 aliphatic carbocycles. The molecule has 0 radical (unpaired) electrons. The summed E-state index contributed by atoms with van der Waals surface area (Å²) in [5, 5.41) is 18.1. The maximum Gasteiger partial charge on any atom is 0.256 e. The fourth-order valence-corrected chi connectivity index (χ4v) is 10.7. The Morgan fingerprint density at radius 1 is 0.443 bits per heavy atom. The van der Waals surface area contributed by atoms with Gasteiger partial charge in [-0.2, -0.15) is 39.9 Å². The zero-order valence-corrected chi connectivity index (χ0v) is 63.1. The number of piperidine rings is 2. The normalized spacial score (nSPS) is 14.2. The van der Waals surface area contributed by atoms with Gasteiger partial charge in [0.2, 0.25) is 47.4 Å². The Morgan fingerprint density at radius 2 is 0.811 bits per heavy atom. The van der Waals surface area contributed by atoms with Crippen molar-refractivity contribution < 1.29 is 18.9 Å². The summed E-state index contributed by atoms with van der Waals surface area (Å²) in [6.45, 7) is 22.3. The summed E-state index contributed by atoms with van der Waals surface area (Å²) < 4.78 is 23.4. The van der Waals surface area contributed by atoms with Gasteiger partial charge in [0.15, 0.2) is 0 Å². The quantitative estimate of drug-likeness (QED) is 0.0302. The lowest BCUT2D eigenvalue weighted by Crippen LogP contribution is -2.38. The molecular weight excluding hydrogens is 1430 g/mol. The molecule has 0 spiro atoms. The van der Waals surface area contributed by atoms with Crippen molar-refractivity contribution in [3.8, 4) is 35.0 Å². The number of nitrogens with two attached hydrogens (primary N) is 4. The van der Waals surface area contributed by atoms with Crippen molar-refractivity contribution in [2.24, 2.45) is 42.9 Å². The van der Waals surface area contributed by atoms with E-state index in [1.807, 2.05) is 116 Å². The van der Waals surface area contributed by atoms with Crippen LogP contribution in [0.2, 0.25) is 20.1 Å². The van der Waals surface area contributed by atoms with Gasteiger partial charge in [0.25, 0.3) is 23.8 Å². The van der Waals surface area contributed by atoms with Gasteiger partial charge in [-0.25, -0.2) is 19.9 Å². The van der Waals surface area contributed by atoms with E-state index in [1.165, 1.54) is 0 Å². The number of aliphatic imine (C=N–C) groups is 4. The van der Waals surface area contributed by atoms with Crippen LogP contribution in [0.3, 0.4) is 0 Å². The Morgan fingerprint density at radius 3 is 1.16 bits per heavy atom. The van der Waals surface area contributed by atoms with E-state index in [-0.39, 0.29) is 59.8 Å². The van der Waals surface area contributed by atoms with E-state index in [0.717, 1.165) is 115 Å². The summed E-state index contributed by atoms with van der Waals surface area (Å²) in [7, 11) is 0. The van der Waals surface area contributed by atoms with Gasteiger partial charge in [0.05, 0.1) is 6.20 Å². The van der Waals surface area contributed by atoms with E-state index in [4.69, 9.17) is 88.3 Å². The van der Waals surface area contributed by atoms with Crippen LogP contribution in [-0.2, 0) is 0 Å². The van der Waals surface area contributed by atoms with E-state index < -0.39 is 0 Å². The number of benzene rings is 4. The molecule has 6 aromatic heterocycles. The van der Waals surface area contributed by atoms with Gasteiger partial charge in [-0.3, -0.25) is 9.97 Å². The first-order valence-corrected chi connectivity index (χ1v) is 35.3. The average Bonchev–Trinajstić information content (AvgIpc) is 0.851. The van der Waals surface area contributed by atoms with E-state index in [0.29, 0.717) is 66.5 Å². The van der Waals surface area contributed by atoms with Gasteiger partial charge in [0, 0.05) is 128 Å². The first-order chi connectivity index (χ1) is 50.9. The number of aromatic nitrogens is 10. The first kappa shape index (κ1) is 79.0. The molecule has 552 valence electrons. The van der Waals surface area contributed by atoms with Gasteiger partial charge in [-0.1, -0.05) is 53.3 Å². The van der Waals surface area contributed by atoms with Crippen molar-refractivity contribution in [3.05, 3.63) is 211 Å². The van der Waals surface area contributed by atoms with Gasteiger partial charge in [-0.15, -0.1) is 0 Å². The third-order valence-electron chi connectivity index (χ3n) is 15.4. The number of halogens is 4. The second-order valence-corrected chi connectivity index (χ2v) is 26.0. The predicted molar refractivity (Wildman–Crippen MR) is 422 cm³/mol. The number of likely N-dealkylation sites (tertiary alicyclic amines) is 1. The van der Waals surface area contributed by atoms with Crippen LogP contribution < -0.4 is 68.5 Å². The summed E-state index contributed by atoms with van der Waals surface area (Å²) in [5.74, 6) is 4.63. The van der Waals surface area contributed by atoms with E-state index in [1.54, 1.807) is 85.5 Å². The van der Waals surface area contributed by atoms with Crippen LogP contribution in [0.4, 0.5) is 46.5 Å². The summed E-state index contributed by atoms with van der Waals surface area (Å²) in [6.07, 6.45) is 10.9. The van der Waals surface area contributed by atoms with Crippen LogP contribution in [-0.4, -0.2) is 124 Å². The highest BCUT2D eigenvalue weighted by Crippen LogP contribution is 2.28. The number of ether oxygens (including phenoxy) is 4. The Balaban J connectivity index is 0.000000164. The lowest BCUT2D eigenvalue weighted by Gasteiger charge is -2.30. The van der Waals surface area contributed by atoms with Crippen molar-refractivity contribution in [3.63, 3.8) is 0 Å². The second-order valence-electron chi connectivity index (χ2n) is 24.3. The molecule has 2 saturated heterocycles. The van der Waals surface area contributed by atoms with Crippen LogP contribution >= 0.6 is 46.4 Å². The lowest BCUT2D eigenvalue weighted by molar-refractivity contribution is 0.0997. The zero-order valence-electron chi connectivity index (χ0n) is 60.0. The van der Waals surface area contributed by atoms with Crippen LogP contribution in [0.15, 0.2) is 166 Å². The van der Waals surface area contributed by atoms with E-state index >= 15 is 0 Å². The molecule has 0 bridgehead atoms. The number of rotatable bonds is 17. The highest BCUT2D eigenvalue weighted by Gasteiger charge is 2.21. The number of anilines is 4. The molecule has 32 heteroatoms. The van der Waals surface area contributed by atoms with Gasteiger partial charge >= 0.3 is 0 Å². The predicted octanol–water partition coefficient (Wildman–Crippen LogP) is 14.6. The minimum absolute atomic E-state index is 0.113. The largest absolute Gasteiger partial charge is 0.474 e. The number of nitrogens with one attached hydrogen (secondary N) is 5. The third kappa shape index (κ3) is 26.2.